The highest BCUT2D eigenvalue weighted by Gasteiger charge is 2.21. The van der Waals surface area contributed by atoms with Gasteiger partial charge in [0.1, 0.15) is 17.2 Å². The lowest BCUT2D eigenvalue weighted by Crippen LogP contribution is -3.09. The van der Waals surface area contributed by atoms with Crippen LogP contribution in [0.25, 0.3) is 11.4 Å². The summed E-state index contributed by atoms with van der Waals surface area (Å²) < 4.78 is 0. The number of carbonyl (C=O) groups excluding carboxylic acids is 2. The van der Waals surface area contributed by atoms with Gasteiger partial charge in [-0.2, -0.15) is 0 Å². The van der Waals surface area contributed by atoms with Gasteiger partial charge in [-0.25, -0.2) is 4.98 Å². The number of amides is 1. The van der Waals surface area contributed by atoms with Crippen LogP contribution in [0.15, 0.2) is 0 Å². The second kappa shape index (κ2) is 8.14. The van der Waals surface area contributed by atoms with Gasteiger partial charge in [0.15, 0.2) is 12.3 Å². The Balaban J connectivity index is 2.18. The predicted molar refractivity (Wildman–Crippen MR) is 105 cm³/mol. The van der Waals surface area contributed by atoms with E-state index in [4.69, 9.17) is 4.98 Å². The summed E-state index contributed by atoms with van der Waals surface area (Å²) in [6.45, 7) is 12.5. The maximum absolute atomic E-state index is 11.9. The fraction of sp³-hybridized carbons (Fsp3) is 0.526. The van der Waals surface area contributed by atoms with Crippen LogP contribution < -0.4 is 10.2 Å². The van der Waals surface area contributed by atoms with Gasteiger partial charge in [-0.05, 0) is 47.1 Å². The first-order valence-electron chi connectivity index (χ1n) is 8.87. The number of Topliss-reactive ketones (excluding diaryl/α,β-unsaturated/α-hetero) is 1. The molecular weight excluding hydrogens is 348 g/mol. The second-order valence-electron chi connectivity index (χ2n) is 7.23. The number of rotatable bonds is 7. The van der Waals surface area contributed by atoms with Crippen LogP contribution in [0.1, 0.15) is 52.3 Å². The summed E-state index contributed by atoms with van der Waals surface area (Å²) in [7, 11) is 1.99. The fourth-order valence-corrected chi connectivity index (χ4v) is 4.29. The molecule has 0 aliphatic rings. The molecule has 0 aliphatic carbocycles. The molecule has 0 saturated heterocycles. The van der Waals surface area contributed by atoms with Gasteiger partial charge < -0.3 is 15.2 Å². The van der Waals surface area contributed by atoms with Crippen molar-refractivity contribution in [3.63, 3.8) is 0 Å². The number of hydrogen-bond donors (Lipinski definition) is 3. The van der Waals surface area contributed by atoms with Gasteiger partial charge >= 0.3 is 0 Å². The molecule has 1 atom stereocenters. The molecule has 0 fully saturated rings. The van der Waals surface area contributed by atoms with Crippen LogP contribution in [0.4, 0.5) is 0 Å². The predicted octanol–water partition coefficient (Wildman–Crippen LogP) is 1.81. The third kappa shape index (κ3) is 4.59. The van der Waals surface area contributed by atoms with E-state index in [1.807, 2.05) is 41.7 Å². The number of aromatic amines is 1. The number of nitrogens with zero attached hydrogens (tertiary/aromatic N) is 1. The van der Waals surface area contributed by atoms with Gasteiger partial charge in [0.2, 0.25) is 0 Å². The number of carbonyl (C=O) groups is 2. The van der Waals surface area contributed by atoms with E-state index in [0.29, 0.717) is 13.1 Å². The molecule has 1 amide bonds. The molecule has 2 heterocycles. The van der Waals surface area contributed by atoms with Crippen molar-refractivity contribution in [1.82, 2.24) is 15.3 Å². The molecule has 3 N–H and O–H groups in total. The third-order valence-electron chi connectivity index (χ3n) is 4.23. The summed E-state index contributed by atoms with van der Waals surface area (Å²) in [5.74, 6) is 0.115. The molecule has 0 bridgehead atoms. The average Bonchev–Trinajstić information content (AvgIpc) is 2.96. The molecule has 142 valence electrons. The minimum Gasteiger partial charge on any atom is -0.356 e. The first-order chi connectivity index (χ1) is 12.1. The number of likely N-dealkylation sites (N-methyl/N-ethyl adjacent to an activating group) is 1. The number of aryl methyl sites for hydroxylation is 2. The van der Waals surface area contributed by atoms with Crippen molar-refractivity contribution in [2.75, 3.05) is 13.6 Å². The van der Waals surface area contributed by atoms with Crippen LogP contribution in [0, 0.1) is 20.8 Å². The van der Waals surface area contributed by atoms with E-state index in [-0.39, 0.29) is 17.7 Å². The maximum atomic E-state index is 11.9. The smallest absolute Gasteiger partial charge is 0.275 e. The molecule has 0 saturated carbocycles. The van der Waals surface area contributed by atoms with Crippen LogP contribution in [-0.4, -0.2) is 41.3 Å². The van der Waals surface area contributed by atoms with Crippen molar-refractivity contribution in [2.24, 2.45) is 0 Å². The molecule has 6 nitrogen and oxygen atoms in total. The molecule has 0 aliphatic heterocycles. The zero-order valence-electron chi connectivity index (χ0n) is 16.7. The van der Waals surface area contributed by atoms with Crippen LogP contribution in [0.5, 0.6) is 0 Å². The highest BCUT2D eigenvalue weighted by molar-refractivity contribution is 7.12. The van der Waals surface area contributed by atoms with Gasteiger partial charge in [-0.3, -0.25) is 9.59 Å². The molecule has 0 spiro atoms. The summed E-state index contributed by atoms with van der Waals surface area (Å²) in [6.07, 6.45) is 0. The number of nitrogens with one attached hydrogen (secondary N) is 3. The lowest BCUT2D eigenvalue weighted by Gasteiger charge is -2.13. The van der Waals surface area contributed by atoms with E-state index in [2.05, 4.69) is 10.3 Å². The Labute approximate surface area is 159 Å². The Morgan fingerprint density at radius 1 is 1.27 bits per heavy atom. The van der Waals surface area contributed by atoms with Gasteiger partial charge in [0.25, 0.3) is 5.91 Å². The average molecular weight is 378 g/mol. The van der Waals surface area contributed by atoms with E-state index in [1.165, 1.54) is 0 Å². The zero-order valence-corrected chi connectivity index (χ0v) is 17.5. The van der Waals surface area contributed by atoms with Crippen molar-refractivity contribution in [1.29, 1.82) is 0 Å². The standard InChI is InChI=1S/C19H28N4O2S/c1-10(2)20-15(25)8-23(7)9-16-22-19(14(6)26-16)18-11(3)17(13(5)24)12(4)21-18/h10,21H,8-9H2,1-7H3,(H,20,25)/p+1. The largest absolute Gasteiger partial charge is 0.356 e. The van der Waals surface area contributed by atoms with E-state index in [1.54, 1.807) is 18.3 Å². The number of quaternary nitrogens is 1. The molecule has 7 heteroatoms. The van der Waals surface area contributed by atoms with Crippen molar-refractivity contribution in [3.05, 3.63) is 26.7 Å². The molecular formula is C19H29N4O2S+. The Morgan fingerprint density at radius 3 is 2.46 bits per heavy atom. The zero-order chi connectivity index (χ0) is 19.6. The first kappa shape index (κ1) is 20.3. The number of H-pyrrole nitrogens is 1. The number of hydrogen-bond acceptors (Lipinski definition) is 4. The number of aromatic nitrogens is 2. The summed E-state index contributed by atoms with van der Waals surface area (Å²) in [5.41, 5.74) is 4.40. The third-order valence-corrected chi connectivity index (χ3v) is 5.20. The van der Waals surface area contributed by atoms with Crippen molar-refractivity contribution in [2.45, 2.75) is 54.1 Å². The Hall–Kier alpha value is -1.99. The Morgan fingerprint density at radius 2 is 1.92 bits per heavy atom. The molecule has 0 aromatic carbocycles. The second-order valence-corrected chi connectivity index (χ2v) is 8.51. The van der Waals surface area contributed by atoms with E-state index in [0.717, 1.165) is 43.0 Å². The lowest BCUT2D eigenvalue weighted by molar-refractivity contribution is -0.885. The maximum Gasteiger partial charge on any atom is 0.275 e. The van der Waals surface area contributed by atoms with Crippen LogP contribution in [0.2, 0.25) is 0 Å². The SMILES string of the molecule is CC(=O)c1c(C)[nH]c(-c2nc(C[NH+](C)CC(=O)NC(C)C)sc2C)c1C. The van der Waals surface area contributed by atoms with E-state index < -0.39 is 0 Å². The van der Waals surface area contributed by atoms with Gasteiger partial charge in [0.05, 0.1) is 12.7 Å². The Bertz CT molecular complexity index is 820. The topological polar surface area (TPSA) is 79.3 Å². The number of thiazole rings is 1. The summed E-state index contributed by atoms with van der Waals surface area (Å²) >= 11 is 1.64. The number of ketones is 1. The van der Waals surface area contributed by atoms with E-state index >= 15 is 0 Å². The molecule has 1 unspecified atom stereocenters. The first-order valence-corrected chi connectivity index (χ1v) is 9.69. The quantitative estimate of drug-likeness (QED) is 0.644. The minimum absolute atomic E-state index is 0.0490. The highest BCUT2D eigenvalue weighted by atomic mass is 32.1. The molecule has 0 radical (unpaired) electrons. The summed E-state index contributed by atoms with van der Waals surface area (Å²) in [6, 6.07) is 0.151. The van der Waals surface area contributed by atoms with Gasteiger partial charge in [-0.1, -0.05) is 0 Å². The summed E-state index contributed by atoms with van der Waals surface area (Å²) in [4.78, 5) is 34.1. The highest BCUT2D eigenvalue weighted by Crippen LogP contribution is 2.32. The minimum atomic E-state index is 0.0490. The molecule has 2 rings (SSSR count). The van der Waals surface area contributed by atoms with Crippen LogP contribution in [-0.2, 0) is 11.3 Å². The molecule has 2 aromatic rings. The van der Waals surface area contributed by atoms with Gasteiger partial charge in [0, 0.05) is 22.2 Å². The van der Waals surface area contributed by atoms with Crippen LogP contribution in [0.3, 0.4) is 0 Å². The van der Waals surface area contributed by atoms with Gasteiger partial charge in [-0.15, -0.1) is 11.3 Å². The lowest BCUT2D eigenvalue weighted by atomic mass is 10.1. The molecule has 2 aromatic heterocycles. The van der Waals surface area contributed by atoms with Crippen LogP contribution >= 0.6 is 11.3 Å². The molecule has 26 heavy (non-hydrogen) atoms. The Kier molecular flexibility index (Phi) is 6.36. The van der Waals surface area contributed by atoms with Crippen molar-refractivity contribution < 1.29 is 14.5 Å². The fourth-order valence-electron chi connectivity index (χ4n) is 3.24. The van der Waals surface area contributed by atoms with Crippen molar-refractivity contribution in [3.8, 4) is 11.4 Å². The monoisotopic (exact) mass is 377 g/mol. The van der Waals surface area contributed by atoms with E-state index in [9.17, 15) is 9.59 Å². The summed E-state index contributed by atoms with van der Waals surface area (Å²) in [5, 5.41) is 3.90. The normalized spacial score (nSPS) is 12.5. The van der Waals surface area contributed by atoms with Crippen molar-refractivity contribution >= 4 is 23.0 Å².